The smallest absolute Gasteiger partial charge is 0.253 e. The summed E-state index contributed by atoms with van der Waals surface area (Å²) in [5.41, 5.74) is 4.91. The van der Waals surface area contributed by atoms with E-state index in [1.54, 1.807) is 7.11 Å². The normalized spacial score (nSPS) is 27.9. The molecule has 0 N–H and O–H groups in total. The van der Waals surface area contributed by atoms with Crippen molar-refractivity contribution in [1.82, 2.24) is 4.90 Å². The number of nitrogens with zero attached hydrogens (tertiary/aromatic N) is 2. The van der Waals surface area contributed by atoms with E-state index in [9.17, 15) is 4.79 Å². The Balaban J connectivity index is 1.24. The minimum Gasteiger partial charge on any atom is -0.384 e. The van der Waals surface area contributed by atoms with E-state index in [2.05, 4.69) is 53.1 Å². The highest BCUT2D eigenvalue weighted by molar-refractivity contribution is 5.95. The first-order valence-electron chi connectivity index (χ1n) is 10.8. The molecule has 3 aliphatic rings. The molecule has 3 fully saturated rings. The van der Waals surface area contributed by atoms with E-state index in [1.807, 2.05) is 12.1 Å². The SMILES string of the molecule is COCC1CCN(c2ccc(C(=O)N3C[C@@H]4C[C@]4(c4ccc(C)cc4)C3)cc2)C1. The fraction of sp³-hybridized carbons (Fsp3) is 0.480. The number of carbonyl (C=O) groups excluding carboxylic acids is 1. The van der Waals surface area contributed by atoms with Crippen LogP contribution in [0.1, 0.15) is 34.3 Å². The van der Waals surface area contributed by atoms with Crippen LogP contribution in [0.2, 0.25) is 0 Å². The van der Waals surface area contributed by atoms with Gasteiger partial charge >= 0.3 is 0 Å². The summed E-state index contributed by atoms with van der Waals surface area (Å²) in [5.74, 6) is 1.40. The van der Waals surface area contributed by atoms with Crippen molar-refractivity contribution in [2.75, 3.05) is 44.8 Å². The number of carbonyl (C=O) groups is 1. The Hall–Kier alpha value is -2.33. The van der Waals surface area contributed by atoms with Crippen molar-refractivity contribution in [3.8, 4) is 0 Å². The van der Waals surface area contributed by atoms with E-state index in [0.29, 0.717) is 11.8 Å². The van der Waals surface area contributed by atoms with E-state index < -0.39 is 0 Å². The first-order chi connectivity index (χ1) is 14.1. The van der Waals surface area contributed by atoms with Crippen molar-refractivity contribution >= 4 is 11.6 Å². The lowest BCUT2D eigenvalue weighted by Crippen LogP contribution is -2.32. The number of rotatable bonds is 5. The van der Waals surface area contributed by atoms with Crippen LogP contribution in [-0.4, -0.2) is 50.7 Å². The molecule has 29 heavy (non-hydrogen) atoms. The molecule has 2 aliphatic heterocycles. The van der Waals surface area contributed by atoms with Crippen LogP contribution in [0.25, 0.3) is 0 Å². The van der Waals surface area contributed by atoms with Gasteiger partial charge in [-0.25, -0.2) is 0 Å². The molecule has 3 atom stereocenters. The molecule has 152 valence electrons. The highest BCUT2D eigenvalue weighted by atomic mass is 16.5. The largest absolute Gasteiger partial charge is 0.384 e. The van der Waals surface area contributed by atoms with Gasteiger partial charge in [-0.2, -0.15) is 0 Å². The van der Waals surface area contributed by atoms with Crippen LogP contribution in [0.3, 0.4) is 0 Å². The molecule has 0 bridgehead atoms. The van der Waals surface area contributed by atoms with Crippen molar-refractivity contribution in [3.05, 3.63) is 65.2 Å². The highest BCUT2D eigenvalue weighted by Gasteiger charge is 2.61. The van der Waals surface area contributed by atoms with Gasteiger partial charge in [0.15, 0.2) is 0 Å². The second kappa shape index (κ2) is 7.17. The molecule has 2 aromatic rings. The van der Waals surface area contributed by atoms with Crippen molar-refractivity contribution in [1.29, 1.82) is 0 Å². The Kier molecular flexibility index (Phi) is 4.62. The molecule has 2 saturated heterocycles. The predicted molar refractivity (Wildman–Crippen MR) is 116 cm³/mol. The first kappa shape index (κ1) is 18.7. The third-order valence-electron chi connectivity index (χ3n) is 7.23. The van der Waals surface area contributed by atoms with E-state index >= 15 is 0 Å². The second-order valence-electron chi connectivity index (χ2n) is 9.21. The number of fused-ring (bicyclic) bond motifs is 1. The average molecular weight is 391 g/mol. The minimum absolute atomic E-state index is 0.175. The number of amides is 1. The van der Waals surface area contributed by atoms with Crippen molar-refractivity contribution < 1.29 is 9.53 Å². The number of piperidine rings is 1. The topological polar surface area (TPSA) is 32.8 Å². The van der Waals surface area contributed by atoms with Gasteiger partial charge in [0.2, 0.25) is 0 Å². The van der Waals surface area contributed by atoms with Crippen molar-refractivity contribution in [3.63, 3.8) is 0 Å². The summed E-state index contributed by atoms with van der Waals surface area (Å²) in [6.45, 7) is 6.79. The Labute approximate surface area is 173 Å². The lowest BCUT2D eigenvalue weighted by atomic mass is 9.94. The maximum Gasteiger partial charge on any atom is 0.253 e. The zero-order valence-electron chi connectivity index (χ0n) is 17.4. The molecule has 4 nitrogen and oxygen atoms in total. The summed E-state index contributed by atoms with van der Waals surface area (Å²) in [7, 11) is 1.77. The first-order valence-corrected chi connectivity index (χ1v) is 10.8. The fourth-order valence-corrected chi connectivity index (χ4v) is 5.41. The molecule has 0 spiro atoms. The fourth-order valence-electron chi connectivity index (χ4n) is 5.41. The summed E-state index contributed by atoms with van der Waals surface area (Å²) in [6, 6.07) is 17.1. The number of benzene rings is 2. The van der Waals surface area contributed by atoms with Gasteiger partial charge in [0, 0.05) is 55.9 Å². The van der Waals surface area contributed by atoms with Gasteiger partial charge in [-0.1, -0.05) is 29.8 Å². The molecule has 2 heterocycles. The molecule has 0 radical (unpaired) electrons. The van der Waals surface area contributed by atoms with Gasteiger partial charge in [-0.3, -0.25) is 4.79 Å². The lowest BCUT2D eigenvalue weighted by molar-refractivity contribution is 0.0772. The van der Waals surface area contributed by atoms with E-state index in [1.165, 1.54) is 29.7 Å². The quantitative estimate of drug-likeness (QED) is 0.777. The summed E-state index contributed by atoms with van der Waals surface area (Å²) in [6.07, 6.45) is 2.39. The maximum atomic E-state index is 13.1. The van der Waals surface area contributed by atoms with Crippen molar-refractivity contribution in [2.45, 2.75) is 25.2 Å². The molecule has 1 saturated carbocycles. The van der Waals surface area contributed by atoms with Gasteiger partial charge in [-0.15, -0.1) is 0 Å². The number of anilines is 1. The standard InChI is InChI=1S/C25H30N2O2/c1-18-3-7-21(8-4-18)25-13-22(25)15-27(17-25)24(28)20-5-9-23(10-6-20)26-12-11-19(14-26)16-29-2/h3-10,19,22H,11-17H2,1-2H3/t19?,22-,25+/m0/s1. The van der Waals surface area contributed by atoms with Crippen LogP contribution in [0.4, 0.5) is 5.69 Å². The third-order valence-corrected chi connectivity index (χ3v) is 7.23. The van der Waals surface area contributed by atoms with Crippen LogP contribution < -0.4 is 4.90 Å². The summed E-state index contributed by atoms with van der Waals surface area (Å²) in [5, 5.41) is 0. The van der Waals surface area contributed by atoms with Gasteiger partial charge < -0.3 is 14.5 Å². The number of methoxy groups -OCH3 is 1. The number of hydrogen-bond donors (Lipinski definition) is 0. The zero-order chi connectivity index (χ0) is 20.0. The number of hydrogen-bond acceptors (Lipinski definition) is 3. The average Bonchev–Trinajstić information content (AvgIpc) is 3.08. The summed E-state index contributed by atoms with van der Waals surface area (Å²) < 4.78 is 5.30. The Morgan fingerprint density at radius 1 is 1.10 bits per heavy atom. The van der Waals surface area contributed by atoms with Crippen LogP contribution >= 0.6 is 0 Å². The van der Waals surface area contributed by atoms with E-state index in [0.717, 1.165) is 38.3 Å². The third kappa shape index (κ3) is 3.33. The number of aryl methyl sites for hydroxylation is 1. The van der Waals surface area contributed by atoms with Crippen LogP contribution in [0, 0.1) is 18.8 Å². The number of likely N-dealkylation sites (tertiary alicyclic amines) is 1. The highest BCUT2D eigenvalue weighted by Crippen LogP contribution is 2.59. The molecule has 4 heteroatoms. The second-order valence-corrected chi connectivity index (χ2v) is 9.21. The van der Waals surface area contributed by atoms with Crippen molar-refractivity contribution in [2.24, 2.45) is 11.8 Å². The summed E-state index contributed by atoms with van der Waals surface area (Å²) in [4.78, 5) is 17.6. The predicted octanol–water partition coefficient (Wildman–Crippen LogP) is 3.88. The molecule has 5 rings (SSSR count). The van der Waals surface area contributed by atoms with Gasteiger partial charge in [0.25, 0.3) is 5.91 Å². The monoisotopic (exact) mass is 390 g/mol. The van der Waals surface area contributed by atoms with Gasteiger partial charge in [0.05, 0.1) is 6.61 Å². The Morgan fingerprint density at radius 2 is 1.86 bits per heavy atom. The van der Waals surface area contributed by atoms with Gasteiger partial charge in [0.1, 0.15) is 0 Å². The van der Waals surface area contributed by atoms with Crippen LogP contribution in [-0.2, 0) is 10.2 Å². The zero-order valence-corrected chi connectivity index (χ0v) is 17.4. The van der Waals surface area contributed by atoms with Crippen LogP contribution in [0.15, 0.2) is 48.5 Å². The number of ether oxygens (including phenoxy) is 1. The molecular weight excluding hydrogens is 360 g/mol. The lowest BCUT2D eigenvalue weighted by Gasteiger charge is -2.23. The van der Waals surface area contributed by atoms with Gasteiger partial charge in [-0.05, 0) is 55.5 Å². The summed E-state index contributed by atoms with van der Waals surface area (Å²) >= 11 is 0. The molecule has 1 aliphatic carbocycles. The van der Waals surface area contributed by atoms with E-state index in [4.69, 9.17) is 4.74 Å². The van der Waals surface area contributed by atoms with E-state index in [-0.39, 0.29) is 11.3 Å². The molecule has 2 aromatic carbocycles. The molecule has 1 amide bonds. The molecule has 1 unspecified atom stereocenters. The Morgan fingerprint density at radius 3 is 2.59 bits per heavy atom. The molecular formula is C25H30N2O2. The minimum atomic E-state index is 0.175. The maximum absolute atomic E-state index is 13.1. The van der Waals surface area contributed by atoms with Crippen LogP contribution in [0.5, 0.6) is 0 Å². The Bertz CT molecular complexity index is 892. The molecule has 0 aromatic heterocycles.